The van der Waals surface area contributed by atoms with Gasteiger partial charge < -0.3 is 20.9 Å². The third kappa shape index (κ3) is 8.37. The van der Waals surface area contributed by atoms with Crippen molar-refractivity contribution < 1.29 is 14.4 Å². The van der Waals surface area contributed by atoms with E-state index in [1.165, 1.54) is 6.42 Å². The zero-order chi connectivity index (χ0) is 38.2. The molecular weight excluding hydrogens is 673 g/mol. The molecule has 4 aromatic carbocycles. The summed E-state index contributed by atoms with van der Waals surface area (Å²) in [4.78, 5) is 51.8. The van der Waals surface area contributed by atoms with Gasteiger partial charge in [-0.3, -0.25) is 19.4 Å². The molecule has 0 aromatic heterocycles. The van der Waals surface area contributed by atoms with Gasteiger partial charge in [-0.2, -0.15) is 0 Å². The molecule has 1 saturated carbocycles. The van der Waals surface area contributed by atoms with Crippen molar-refractivity contribution in [2.45, 2.75) is 77.5 Å². The lowest BCUT2D eigenvalue weighted by atomic mass is 9.79. The van der Waals surface area contributed by atoms with E-state index in [2.05, 4.69) is 24.2 Å². The molecule has 1 aliphatic carbocycles. The van der Waals surface area contributed by atoms with E-state index in [4.69, 9.17) is 10.7 Å². The van der Waals surface area contributed by atoms with Crippen LogP contribution in [0.4, 0.5) is 11.4 Å². The lowest BCUT2D eigenvalue weighted by Crippen LogP contribution is -2.50. The number of rotatable bonds is 9. The Labute approximate surface area is 319 Å². The van der Waals surface area contributed by atoms with Gasteiger partial charge in [-0.15, -0.1) is 0 Å². The van der Waals surface area contributed by atoms with Crippen LogP contribution in [0.25, 0.3) is 0 Å². The molecule has 0 unspecified atom stereocenters. The molecule has 0 saturated heterocycles. The number of nitrogens with one attached hydrogen (secondary N) is 1. The van der Waals surface area contributed by atoms with Gasteiger partial charge in [0.25, 0.3) is 11.8 Å². The summed E-state index contributed by atoms with van der Waals surface area (Å²) < 4.78 is 0. The molecule has 0 spiro atoms. The van der Waals surface area contributed by atoms with Gasteiger partial charge in [-0.1, -0.05) is 143 Å². The third-order valence-electron chi connectivity index (χ3n) is 10.8. The maximum Gasteiger partial charge on any atom is 0.272 e. The summed E-state index contributed by atoms with van der Waals surface area (Å²) in [5.74, 6) is 0.256. The Bertz CT molecular complexity index is 2000. The first-order chi connectivity index (χ1) is 26.1. The summed E-state index contributed by atoms with van der Waals surface area (Å²) in [6, 6.07) is 35.2. The lowest BCUT2D eigenvalue weighted by molar-refractivity contribution is -0.134. The number of benzene rings is 4. The van der Waals surface area contributed by atoms with Crippen molar-refractivity contribution in [1.82, 2.24) is 5.32 Å². The second-order valence-electron chi connectivity index (χ2n) is 15.0. The molecule has 9 heteroatoms. The second kappa shape index (κ2) is 17.2. The van der Waals surface area contributed by atoms with E-state index in [9.17, 15) is 14.4 Å². The molecule has 7 rings (SSSR count). The van der Waals surface area contributed by atoms with Crippen molar-refractivity contribution in [2.75, 3.05) is 23.9 Å². The minimum Gasteiger partial charge on any atom is -0.326 e. The first-order valence-corrected chi connectivity index (χ1v) is 19.2. The van der Waals surface area contributed by atoms with Gasteiger partial charge in [-0.05, 0) is 37.3 Å². The molecule has 54 heavy (non-hydrogen) atoms. The second-order valence-corrected chi connectivity index (χ2v) is 15.0. The fourth-order valence-electron chi connectivity index (χ4n) is 7.75. The molecule has 280 valence electrons. The van der Waals surface area contributed by atoms with E-state index < -0.39 is 12.3 Å². The zero-order valence-electron chi connectivity index (χ0n) is 31.9. The van der Waals surface area contributed by atoms with Crippen LogP contribution < -0.4 is 20.9 Å². The number of fused-ring (bicyclic) bond motifs is 2. The number of nitrogens with two attached hydrogens (primary N) is 1. The highest BCUT2D eigenvalue weighted by Gasteiger charge is 2.43. The standard InChI is InChI=1S/C29H37N3O2.C16H15N3O/c1-21(2)13-9-10-18-29(19-11-12-20-29)28(34)31-26-27(33)32(3)24-17-8-7-16-23(24)25(30-26)22-14-5-4-6-15-22;1-19-13-10-6-5-9-12(13)14(18-15(17)16(19)20)11-7-3-2-4-8-11/h4-8,14-17,21,26H,9-13,18-20H2,1-3H3,(H,31,34);2-10,15H,17H2,1H3/t26-;15-/m10/s1. The smallest absolute Gasteiger partial charge is 0.272 e. The fraction of sp³-hybridized carbons (Fsp3) is 0.356. The molecule has 2 atom stereocenters. The molecule has 1 fully saturated rings. The van der Waals surface area contributed by atoms with Crippen LogP contribution in [0.2, 0.25) is 0 Å². The highest BCUT2D eigenvalue weighted by Crippen LogP contribution is 2.43. The van der Waals surface area contributed by atoms with E-state index in [1.807, 2.05) is 109 Å². The molecule has 2 heterocycles. The lowest BCUT2D eigenvalue weighted by Gasteiger charge is -2.30. The van der Waals surface area contributed by atoms with Crippen LogP contribution in [-0.4, -0.2) is 55.6 Å². The minimum atomic E-state index is -0.937. The number of nitrogens with zero attached hydrogens (tertiary/aromatic N) is 4. The van der Waals surface area contributed by atoms with Crippen molar-refractivity contribution in [3.8, 4) is 0 Å². The topological polar surface area (TPSA) is 120 Å². The highest BCUT2D eigenvalue weighted by atomic mass is 16.2. The average Bonchev–Trinajstić information content (AvgIpc) is 3.63. The van der Waals surface area contributed by atoms with Crippen LogP contribution >= 0.6 is 0 Å². The molecule has 3 amide bonds. The molecular formula is C45H52N6O3. The van der Waals surface area contributed by atoms with E-state index in [0.717, 1.165) is 90.0 Å². The number of para-hydroxylation sites is 2. The minimum absolute atomic E-state index is 0.0107. The van der Waals surface area contributed by atoms with Crippen molar-refractivity contribution in [3.05, 3.63) is 131 Å². The Morgan fingerprint density at radius 1 is 0.722 bits per heavy atom. The SMILES string of the molecule is CC(C)CCCCC1(C(=O)N[C@H]2N=C(c3ccccc3)c3ccccc3N(C)C2=O)CCCC1.CN1C(=O)[C@@H](N)N=C(c2ccccc2)c2ccccc21. The van der Waals surface area contributed by atoms with Gasteiger partial charge in [0.2, 0.25) is 12.1 Å². The predicted molar refractivity (Wildman–Crippen MR) is 218 cm³/mol. The molecule has 3 N–H and O–H groups in total. The van der Waals surface area contributed by atoms with Crippen molar-refractivity contribution >= 4 is 40.5 Å². The average molecular weight is 725 g/mol. The Kier molecular flexibility index (Phi) is 12.2. The number of hydrogen-bond donors (Lipinski definition) is 2. The molecule has 2 aliphatic heterocycles. The summed E-state index contributed by atoms with van der Waals surface area (Å²) in [6.07, 6.45) is 6.39. The van der Waals surface area contributed by atoms with E-state index in [-0.39, 0.29) is 23.1 Å². The molecule has 9 nitrogen and oxygen atoms in total. The van der Waals surface area contributed by atoms with Crippen LogP contribution in [0, 0.1) is 11.3 Å². The summed E-state index contributed by atoms with van der Waals surface area (Å²) in [5.41, 5.74) is 12.3. The van der Waals surface area contributed by atoms with Gasteiger partial charge in [0, 0.05) is 41.8 Å². The predicted octanol–water partition coefficient (Wildman–Crippen LogP) is 7.50. The summed E-state index contributed by atoms with van der Waals surface area (Å²) in [6.45, 7) is 4.49. The van der Waals surface area contributed by atoms with Crippen LogP contribution in [0.1, 0.15) is 87.5 Å². The van der Waals surface area contributed by atoms with Gasteiger partial charge in [0.1, 0.15) is 0 Å². The van der Waals surface area contributed by atoms with Crippen molar-refractivity contribution in [3.63, 3.8) is 0 Å². The van der Waals surface area contributed by atoms with Crippen LogP contribution in [0.15, 0.2) is 119 Å². The quantitative estimate of drug-likeness (QED) is 0.174. The fourth-order valence-corrected chi connectivity index (χ4v) is 7.75. The molecule has 0 bridgehead atoms. The number of amides is 3. The van der Waals surface area contributed by atoms with Gasteiger partial charge in [0.15, 0.2) is 6.17 Å². The maximum absolute atomic E-state index is 13.7. The number of benzodiazepines with no additional fused rings is 2. The Morgan fingerprint density at radius 2 is 1.20 bits per heavy atom. The summed E-state index contributed by atoms with van der Waals surface area (Å²) in [5, 5.41) is 3.09. The number of likely N-dealkylation sites (N-methyl/N-ethyl adjacent to an activating group) is 2. The normalized spacial score (nSPS) is 19.1. The Balaban J connectivity index is 0.000000210. The number of carbonyl (C=O) groups is 3. The van der Waals surface area contributed by atoms with Crippen LogP contribution in [0.3, 0.4) is 0 Å². The number of unbranched alkanes of at least 4 members (excludes halogenated alkanes) is 1. The van der Waals surface area contributed by atoms with Crippen LogP contribution in [0.5, 0.6) is 0 Å². The largest absolute Gasteiger partial charge is 0.326 e. The highest BCUT2D eigenvalue weighted by molar-refractivity contribution is 6.21. The van der Waals surface area contributed by atoms with E-state index in [0.29, 0.717) is 5.92 Å². The number of carbonyl (C=O) groups excluding carboxylic acids is 3. The summed E-state index contributed by atoms with van der Waals surface area (Å²) >= 11 is 0. The van der Waals surface area contributed by atoms with Crippen molar-refractivity contribution in [1.29, 1.82) is 0 Å². The molecule has 0 radical (unpaired) electrons. The Morgan fingerprint density at radius 3 is 1.74 bits per heavy atom. The third-order valence-corrected chi connectivity index (χ3v) is 10.8. The number of hydrogen-bond acceptors (Lipinski definition) is 6. The molecule has 4 aromatic rings. The monoisotopic (exact) mass is 724 g/mol. The maximum atomic E-state index is 13.7. The van der Waals surface area contributed by atoms with E-state index >= 15 is 0 Å². The van der Waals surface area contributed by atoms with E-state index in [1.54, 1.807) is 23.9 Å². The van der Waals surface area contributed by atoms with Crippen LogP contribution in [-0.2, 0) is 14.4 Å². The first-order valence-electron chi connectivity index (χ1n) is 19.2. The van der Waals surface area contributed by atoms with Gasteiger partial charge >= 0.3 is 0 Å². The van der Waals surface area contributed by atoms with Crippen molar-refractivity contribution in [2.24, 2.45) is 27.1 Å². The zero-order valence-corrected chi connectivity index (χ0v) is 31.9. The summed E-state index contributed by atoms with van der Waals surface area (Å²) in [7, 11) is 3.49. The first kappa shape index (κ1) is 38.3. The van der Waals surface area contributed by atoms with Gasteiger partial charge in [-0.25, -0.2) is 4.99 Å². The number of aliphatic imine (C=N–C) groups is 2. The molecule has 3 aliphatic rings. The number of anilines is 2. The Hall–Kier alpha value is -5.41. The van der Waals surface area contributed by atoms with Gasteiger partial charge in [0.05, 0.1) is 22.8 Å².